The van der Waals surface area contributed by atoms with Gasteiger partial charge in [-0.1, -0.05) is 6.07 Å². The van der Waals surface area contributed by atoms with Gasteiger partial charge in [0.2, 0.25) is 0 Å². The first-order chi connectivity index (χ1) is 8.13. The third-order valence-corrected chi connectivity index (χ3v) is 2.96. The number of nitrogens with zero attached hydrogens (tertiary/aromatic N) is 3. The minimum Gasteiger partial charge on any atom is -0.392 e. The highest BCUT2D eigenvalue weighted by molar-refractivity contribution is 9.10. The van der Waals surface area contributed by atoms with Crippen molar-refractivity contribution in [2.45, 2.75) is 26.5 Å². The maximum absolute atomic E-state index is 9.35. The second-order valence-electron chi connectivity index (χ2n) is 4.05. The molecule has 2 rings (SSSR count). The molecule has 0 saturated heterocycles. The van der Waals surface area contributed by atoms with Crippen molar-refractivity contribution in [2.24, 2.45) is 0 Å². The van der Waals surface area contributed by atoms with Gasteiger partial charge in [0.05, 0.1) is 18.0 Å². The SMILES string of the molecule is CC(C)n1nccc1-c1nc(Br)ccc1CO. The van der Waals surface area contributed by atoms with Crippen LogP contribution in [-0.2, 0) is 6.61 Å². The Hall–Kier alpha value is -1.20. The van der Waals surface area contributed by atoms with Crippen LogP contribution in [0.1, 0.15) is 25.5 Å². The molecule has 17 heavy (non-hydrogen) atoms. The van der Waals surface area contributed by atoms with E-state index >= 15 is 0 Å². The Bertz CT molecular complexity index is 522. The number of aliphatic hydroxyl groups is 1. The highest BCUT2D eigenvalue weighted by Crippen LogP contribution is 2.25. The number of hydrogen-bond donors (Lipinski definition) is 1. The van der Waals surface area contributed by atoms with Gasteiger partial charge in [0, 0.05) is 17.8 Å². The molecule has 2 aromatic heterocycles. The molecule has 0 radical (unpaired) electrons. The zero-order valence-corrected chi connectivity index (χ0v) is 11.3. The fourth-order valence-corrected chi connectivity index (χ4v) is 2.04. The van der Waals surface area contributed by atoms with E-state index in [1.54, 1.807) is 6.20 Å². The molecule has 0 aliphatic heterocycles. The summed E-state index contributed by atoms with van der Waals surface area (Å²) in [5.41, 5.74) is 2.49. The van der Waals surface area contributed by atoms with Crippen LogP contribution in [0, 0.1) is 0 Å². The highest BCUT2D eigenvalue weighted by Gasteiger charge is 2.13. The van der Waals surface area contributed by atoms with Gasteiger partial charge in [-0.2, -0.15) is 5.10 Å². The molecular formula is C12H14BrN3O. The van der Waals surface area contributed by atoms with Crippen molar-refractivity contribution in [3.63, 3.8) is 0 Å². The van der Waals surface area contributed by atoms with Gasteiger partial charge in [-0.25, -0.2) is 4.98 Å². The highest BCUT2D eigenvalue weighted by atomic mass is 79.9. The van der Waals surface area contributed by atoms with Crippen molar-refractivity contribution >= 4 is 15.9 Å². The number of pyridine rings is 1. The quantitative estimate of drug-likeness (QED) is 0.886. The van der Waals surface area contributed by atoms with Gasteiger partial charge in [-0.05, 0) is 41.9 Å². The number of aromatic nitrogens is 3. The van der Waals surface area contributed by atoms with Crippen molar-refractivity contribution in [3.8, 4) is 11.4 Å². The molecule has 0 saturated carbocycles. The fraction of sp³-hybridized carbons (Fsp3) is 0.333. The Kier molecular flexibility index (Phi) is 3.59. The Morgan fingerprint density at radius 1 is 1.35 bits per heavy atom. The Morgan fingerprint density at radius 2 is 2.12 bits per heavy atom. The fourth-order valence-electron chi connectivity index (χ4n) is 1.73. The molecule has 0 fully saturated rings. The van der Waals surface area contributed by atoms with Crippen molar-refractivity contribution < 1.29 is 5.11 Å². The summed E-state index contributed by atoms with van der Waals surface area (Å²) in [6.45, 7) is 4.10. The number of hydrogen-bond acceptors (Lipinski definition) is 3. The predicted octanol–water partition coefficient (Wildman–Crippen LogP) is 2.78. The largest absolute Gasteiger partial charge is 0.392 e. The summed E-state index contributed by atoms with van der Waals surface area (Å²) in [5.74, 6) is 0. The van der Waals surface area contributed by atoms with Crippen molar-refractivity contribution in [1.29, 1.82) is 0 Å². The molecule has 0 bridgehead atoms. The van der Waals surface area contributed by atoms with Gasteiger partial charge in [0.25, 0.3) is 0 Å². The lowest BCUT2D eigenvalue weighted by molar-refractivity contribution is 0.282. The van der Waals surface area contributed by atoms with E-state index in [1.807, 2.05) is 22.9 Å². The Labute approximate surface area is 108 Å². The van der Waals surface area contributed by atoms with E-state index in [-0.39, 0.29) is 12.6 Å². The molecule has 0 spiro atoms. The maximum atomic E-state index is 9.35. The van der Waals surface area contributed by atoms with E-state index in [1.165, 1.54) is 0 Å². The summed E-state index contributed by atoms with van der Waals surface area (Å²) in [5, 5.41) is 13.6. The second-order valence-corrected chi connectivity index (χ2v) is 4.87. The van der Waals surface area contributed by atoms with Crippen LogP contribution in [0.15, 0.2) is 29.0 Å². The van der Waals surface area contributed by atoms with Gasteiger partial charge < -0.3 is 5.11 Å². The summed E-state index contributed by atoms with van der Waals surface area (Å²) >= 11 is 3.35. The summed E-state index contributed by atoms with van der Waals surface area (Å²) in [4.78, 5) is 4.43. The summed E-state index contributed by atoms with van der Waals surface area (Å²) < 4.78 is 2.65. The molecule has 0 atom stereocenters. The van der Waals surface area contributed by atoms with E-state index in [0.717, 1.165) is 21.6 Å². The Morgan fingerprint density at radius 3 is 2.76 bits per heavy atom. The predicted molar refractivity (Wildman–Crippen MR) is 69.5 cm³/mol. The molecule has 0 aliphatic carbocycles. The van der Waals surface area contributed by atoms with E-state index in [2.05, 4.69) is 39.9 Å². The summed E-state index contributed by atoms with van der Waals surface area (Å²) in [6.07, 6.45) is 1.75. The number of halogens is 1. The van der Waals surface area contributed by atoms with Crippen LogP contribution in [0.5, 0.6) is 0 Å². The molecule has 2 aromatic rings. The molecule has 0 unspecified atom stereocenters. The van der Waals surface area contributed by atoms with Crippen LogP contribution >= 0.6 is 15.9 Å². The van der Waals surface area contributed by atoms with Crippen LogP contribution < -0.4 is 0 Å². The molecule has 0 aromatic carbocycles. The maximum Gasteiger partial charge on any atom is 0.106 e. The van der Waals surface area contributed by atoms with Crippen molar-refractivity contribution in [1.82, 2.24) is 14.8 Å². The van der Waals surface area contributed by atoms with Crippen LogP contribution in [-0.4, -0.2) is 19.9 Å². The van der Waals surface area contributed by atoms with Gasteiger partial charge >= 0.3 is 0 Å². The van der Waals surface area contributed by atoms with E-state index in [0.29, 0.717) is 0 Å². The van der Waals surface area contributed by atoms with Crippen LogP contribution in [0.2, 0.25) is 0 Å². The molecule has 4 nitrogen and oxygen atoms in total. The molecule has 90 valence electrons. The van der Waals surface area contributed by atoms with Gasteiger partial charge in [-0.3, -0.25) is 4.68 Å². The van der Waals surface area contributed by atoms with E-state index < -0.39 is 0 Å². The van der Waals surface area contributed by atoms with Crippen LogP contribution in [0.25, 0.3) is 11.4 Å². The minimum atomic E-state index is -0.0289. The minimum absolute atomic E-state index is 0.0289. The molecule has 1 N–H and O–H groups in total. The monoisotopic (exact) mass is 295 g/mol. The van der Waals surface area contributed by atoms with Crippen molar-refractivity contribution in [3.05, 3.63) is 34.6 Å². The van der Waals surface area contributed by atoms with Gasteiger partial charge in [0.1, 0.15) is 4.60 Å². The molecule has 5 heteroatoms. The topological polar surface area (TPSA) is 50.9 Å². The third-order valence-electron chi connectivity index (χ3n) is 2.52. The molecule has 0 amide bonds. The first-order valence-electron chi connectivity index (χ1n) is 5.43. The average Bonchev–Trinajstić information content (AvgIpc) is 2.77. The molecule has 0 aliphatic rings. The van der Waals surface area contributed by atoms with Crippen LogP contribution in [0.3, 0.4) is 0 Å². The first kappa shape index (κ1) is 12.3. The number of aliphatic hydroxyl groups excluding tert-OH is 1. The lowest BCUT2D eigenvalue weighted by Gasteiger charge is -2.12. The molecule has 2 heterocycles. The first-order valence-corrected chi connectivity index (χ1v) is 6.23. The van der Waals surface area contributed by atoms with Crippen molar-refractivity contribution in [2.75, 3.05) is 0 Å². The third kappa shape index (κ3) is 2.40. The van der Waals surface area contributed by atoms with E-state index in [9.17, 15) is 5.11 Å². The van der Waals surface area contributed by atoms with Gasteiger partial charge in [-0.15, -0.1) is 0 Å². The number of rotatable bonds is 3. The van der Waals surface area contributed by atoms with E-state index in [4.69, 9.17) is 0 Å². The lowest BCUT2D eigenvalue weighted by atomic mass is 10.1. The van der Waals surface area contributed by atoms with Crippen LogP contribution in [0.4, 0.5) is 0 Å². The summed E-state index contributed by atoms with van der Waals surface area (Å²) in [7, 11) is 0. The van der Waals surface area contributed by atoms with Gasteiger partial charge in [0.15, 0.2) is 0 Å². The zero-order chi connectivity index (χ0) is 12.4. The normalized spacial score (nSPS) is 11.1. The molecular weight excluding hydrogens is 282 g/mol. The average molecular weight is 296 g/mol. The summed E-state index contributed by atoms with van der Waals surface area (Å²) in [6, 6.07) is 5.86. The standard InChI is InChI=1S/C12H14BrN3O/c1-8(2)16-10(5-6-14-16)12-9(7-17)3-4-11(13)15-12/h3-6,8,17H,7H2,1-2H3. The zero-order valence-electron chi connectivity index (χ0n) is 9.76. The Balaban J connectivity index is 2.59. The lowest BCUT2D eigenvalue weighted by Crippen LogP contribution is -2.06. The second kappa shape index (κ2) is 4.98. The smallest absolute Gasteiger partial charge is 0.106 e.